The van der Waals surface area contributed by atoms with Crippen molar-refractivity contribution in [3.05, 3.63) is 82.2 Å². The number of hydrogen-bond acceptors (Lipinski definition) is 9. The van der Waals surface area contributed by atoms with Crippen LogP contribution in [0.2, 0.25) is 0 Å². The molecular formula is C30H30N2O7. The first-order chi connectivity index (χ1) is 19.1. The van der Waals surface area contributed by atoms with Gasteiger partial charge in [0.15, 0.2) is 23.0 Å². The number of aromatic hydroxyl groups is 1. The van der Waals surface area contributed by atoms with Gasteiger partial charge in [0.05, 0.1) is 17.6 Å². The molecule has 0 aliphatic carbocycles. The molecule has 9 heteroatoms. The van der Waals surface area contributed by atoms with Crippen molar-refractivity contribution in [1.29, 1.82) is 0 Å². The molecule has 202 valence electrons. The van der Waals surface area contributed by atoms with E-state index in [0.29, 0.717) is 41.2 Å². The van der Waals surface area contributed by atoms with Gasteiger partial charge >= 0.3 is 0 Å². The van der Waals surface area contributed by atoms with Crippen LogP contribution in [0.5, 0.6) is 34.5 Å². The Bertz CT molecular complexity index is 1540. The van der Waals surface area contributed by atoms with E-state index in [1.807, 2.05) is 31.2 Å². The molecule has 0 atom stereocenters. The highest BCUT2D eigenvalue weighted by Crippen LogP contribution is 2.34. The lowest BCUT2D eigenvalue weighted by Crippen LogP contribution is -2.45. The van der Waals surface area contributed by atoms with Gasteiger partial charge in [-0.1, -0.05) is 18.2 Å². The molecule has 2 aliphatic rings. The predicted octanol–water partition coefficient (Wildman–Crippen LogP) is 4.74. The monoisotopic (exact) mass is 530 g/mol. The lowest BCUT2D eigenvalue weighted by atomic mass is 10.1. The summed E-state index contributed by atoms with van der Waals surface area (Å²) in [6, 6.07) is 16.4. The van der Waals surface area contributed by atoms with Gasteiger partial charge in [-0.2, -0.15) is 0 Å². The van der Waals surface area contributed by atoms with Crippen LogP contribution in [-0.2, 0) is 13.1 Å². The summed E-state index contributed by atoms with van der Waals surface area (Å²) >= 11 is 0. The highest BCUT2D eigenvalue weighted by Gasteiger charge is 2.22. The molecule has 9 nitrogen and oxygen atoms in total. The average Bonchev–Trinajstić information content (AvgIpc) is 3.42. The molecule has 2 aliphatic heterocycles. The van der Waals surface area contributed by atoms with Crippen molar-refractivity contribution < 1.29 is 28.5 Å². The van der Waals surface area contributed by atoms with E-state index in [0.717, 1.165) is 44.2 Å². The molecule has 1 saturated heterocycles. The molecule has 3 aromatic carbocycles. The van der Waals surface area contributed by atoms with Crippen molar-refractivity contribution in [1.82, 2.24) is 9.80 Å². The molecule has 0 bridgehead atoms. The number of piperazine rings is 1. The summed E-state index contributed by atoms with van der Waals surface area (Å²) in [5, 5.41) is 11.0. The van der Waals surface area contributed by atoms with Crippen LogP contribution >= 0.6 is 0 Å². The van der Waals surface area contributed by atoms with Crippen LogP contribution in [0.15, 0.2) is 70.1 Å². The Hall–Kier alpha value is -4.21. The van der Waals surface area contributed by atoms with Gasteiger partial charge in [0.25, 0.3) is 0 Å². The van der Waals surface area contributed by atoms with Crippen LogP contribution in [0, 0.1) is 0 Å². The van der Waals surface area contributed by atoms with E-state index in [-0.39, 0.29) is 23.7 Å². The van der Waals surface area contributed by atoms with Gasteiger partial charge in [-0.25, -0.2) is 0 Å². The minimum atomic E-state index is -0.308. The molecule has 1 fully saturated rings. The normalized spacial score (nSPS) is 15.5. The summed E-state index contributed by atoms with van der Waals surface area (Å²) in [6.07, 6.45) is 1.31. The number of phenolic OH excluding ortho intramolecular Hbond substituents is 1. The van der Waals surface area contributed by atoms with Crippen LogP contribution < -0.4 is 24.4 Å². The molecule has 3 heterocycles. The first-order valence-corrected chi connectivity index (χ1v) is 13.1. The van der Waals surface area contributed by atoms with Crippen LogP contribution in [0.1, 0.15) is 18.1 Å². The molecule has 1 N–H and O–H groups in total. The van der Waals surface area contributed by atoms with Gasteiger partial charge in [-0.3, -0.25) is 14.6 Å². The van der Waals surface area contributed by atoms with Crippen molar-refractivity contribution >= 4 is 11.0 Å². The minimum Gasteiger partial charge on any atom is -0.507 e. The summed E-state index contributed by atoms with van der Waals surface area (Å²) in [5.74, 6) is 2.73. The fourth-order valence-corrected chi connectivity index (χ4v) is 5.01. The van der Waals surface area contributed by atoms with E-state index in [4.69, 9.17) is 23.4 Å². The molecule has 0 unspecified atom stereocenters. The zero-order chi connectivity index (χ0) is 26.8. The Morgan fingerprint density at radius 2 is 1.62 bits per heavy atom. The van der Waals surface area contributed by atoms with Crippen LogP contribution in [-0.4, -0.2) is 54.5 Å². The lowest BCUT2D eigenvalue weighted by Gasteiger charge is -2.34. The van der Waals surface area contributed by atoms with Gasteiger partial charge < -0.3 is 28.5 Å². The fraction of sp³-hybridized carbons (Fsp3) is 0.300. The van der Waals surface area contributed by atoms with E-state index in [9.17, 15) is 9.90 Å². The van der Waals surface area contributed by atoms with Gasteiger partial charge in [0, 0.05) is 39.3 Å². The maximum Gasteiger partial charge on any atom is 0.235 e. The Kier molecular flexibility index (Phi) is 7.00. The molecule has 0 spiro atoms. The van der Waals surface area contributed by atoms with Crippen molar-refractivity contribution in [3.63, 3.8) is 0 Å². The third-order valence-electron chi connectivity index (χ3n) is 7.05. The van der Waals surface area contributed by atoms with Crippen LogP contribution in [0.25, 0.3) is 11.0 Å². The topological polar surface area (TPSA) is 93.8 Å². The van der Waals surface area contributed by atoms with E-state index < -0.39 is 0 Å². The zero-order valence-electron chi connectivity index (χ0n) is 21.7. The largest absolute Gasteiger partial charge is 0.507 e. The van der Waals surface area contributed by atoms with Crippen molar-refractivity contribution in [2.24, 2.45) is 0 Å². The SMILES string of the molecule is CCOc1ccccc1Oc1coc2c(CN3CCN(Cc4ccc5c(c4)OCO5)CC3)c(O)ccc2c1=O. The first kappa shape index (κ1) is 25.1. The summed E-state index contributed by atoms with van der Waals surface area (Å²) in [4.78, 5) is 17.9. The maximum atomic E-state index is 13.3. The fourth-order valence-electron chi connectivity index (χ4n) is 5.01. The van der Waals surface area contributed by atoms with Gasteiger partial charge in [0.1, 0.15) is 17.6 Å². The summed E-state index contributed by atoms with van der Waals surface area (Å²) in [7, 11) is 0. The van der Waals surface area contributed by atoms with Gasteiger partial charge in [-0.15, -0.1) is 0 Å². The smallest absolute Gasteiger partial charge is 0.235 e. The number of rotatable bonds is 8. The molecule has 0 radical (unpaired) electrons. The number of benzene rings is 3. The van der Waals surface area contributed by atoms with Crippen molar-refractivity contribution in [3.8, 4) is 34.5 Å². The van der Waals surface area contributed by atoms with Crippen LogP contribution in [0.4, 0.5) is 0 Å². The van der Waals surface area contributed by atoms with E-state index in [1.54, 1.807) is 24.3 Å². The predicted molar refractivity (Wildman–Crippen MR) is 145 cm³/mol. The minimum absolute atomic E-state index is 0.0587. The highest BCUT2D eigenvalue weighted by molar-refractivity contribution is 5.83. The van der Waals surface area contributed by atoms with Crippen molar-refractivity contribution in [2.75, 3.05) is 39.6 Å². The number of hydrogen-bond donors (Lipinski definition) is 1. The molecule has 0 amide bonds. The molecule has 0 saturated carbocycles. The van der Waals surface area contributed by atoms with Gasteiger partial charge in [-0.05, 0) is 48.9 Å². The summed E-state index contributed by atoms with van der Waals surface area (Å²) in [6.45, 7) is 7.32. The molecule has 39 heavy (non-hydrogen) atoms. The molecular weight excluding hydrogens is 500 g/mol. The number of para-hydroxylation sites is 2. The number of fused-ring (bicyclic) bond motifs is 2. The van der Waals surface area contributed by atoms with Crippen molar-refractivity contribution in [2.45, 2.75) is 20.0 Å². The van der Waals surface area contributed by atoms with E-state index in [2.05, 4.69) is 15.9 Å². The second-order valence-electron chi connectivity index (χ2n) is 9.59. The standard InChI is InChI=1S/C30H30N2O7/c1-2-35-24-5-3-4-6-26(24)39-28-18-36-30-21(29(28)34)8-9-23(33)22(30)17-32-13-11-31(12-14-32)16-20-7-10-25-27(15-20)38-19-37-25/h3-10,15,18,33H,2,11-14,16-17,19H2,1H3. The Labute approximate surface area is 225 Å². The lowest BCUT2D eigenvalue weighted by molar-refractivity contribution is 0.121. The third kappa shape index (κ3) is 5.23. The summed E-state index contributed by atoms with van der Waals surface area (Å²) < 4.78 is 28.3. The Morgan fingerprint density at radius 1 is 0.872 bits per heavy atom. The molecule has 4 aromatic rings. The number of ether oxygens (including phenoxy) is 4. The average molecular weight is 531 g/mol. The Balaban J connectivity index is 1.15. The third-order valence-corrected chi connectivity index (χ3v) is 7.05. The molecule has 6 rings (SSSR count). The first-order valence-electron chi connectivity index (χ1n) is 13.1. The molecule has 1 aromatic heterocycles. The zero-order valence-corrected chi connectivity index (χ0v) is 21.7. The maximum absolute atomic E-state index is 13.3. The number of nitrogens with zero attached hydrogens (tertiary/aromatic N) is 2. The van der Waals surface area contributed by atoms with Crippen LogP contribution in [0.3, 0.4) is 0 Å². The highest BCUT2D eigenvalue weighted by atomic mass is 16.7. The quantitative estimate of drug-likeness (QED) is 0.347. The second kappa shape index (κ2) is 10.9. The number of phenols is 1. The van der Waals surface area contributed by atoms with Gasteiger partial charge in [0.2, 0.25) is 18.0 Å². The summed E-state index contributed by atoms with van der Waals surface area (Å²) in [5.41, 5.74) is 1.84. The van der Waals surface area contributed by atoms with E-state index in [1.165, 1.54) is 11.8 Å². The Morgan fingerprint density at radius 3 is 2.41 bits per heavy atom. The second-order valence-corrected chi connectivity index (χ2v) is 9.59. The van der Waals surface area contributed by atoms with E-state index >= 15 is 0 Å².